The first-order chi connectivity index (χ1) is 8.35. The second-order valence-corrected chi connectivity index (χ2v) is 4.47. The van der Waals surface area contributed by atoms with E-state index in [4.69, 9.17) is 0 Å². The van der Waals surface area contributed by atoms with E-state index in [2.05, 4.69) is 48.4 Å². The van der Waals surface area contributed by atoms with Crippen molar-refractivity contribution < 1.29 is 0 Å². The molecule has 1 aromatic carbocycles. The van der Waals surface area contributed by atoms with Crippen LogP contribution in [-0.4, -0.2) is 11.5 Å². The Hall–Kier alpha value is -1.57. The summed E-state index contributed by atoms with van der Waals surface area (Å²) in [5, 5.41) is 6.00. The van der Waals surface area contributed by atoms with Crippen molar-refractivity contribution in [3.05, 3.63) is 36.7 Å². The van der Waals surface area contributed by atoms with Crippen LogP contribution in [0, 0.1) is 5.92 Å². The van der Waals surface area contributed by atoms with Gasteiger partial charge in [-0.3, -0.25) is 4.98 Å². The fourth-order valence-electron chi connectivity index (χ4n) is 2.10. The van der Waals surface area contributed by atoms with Crippen LogP contribution in [0.5, 0.6) is 0 Å². The van der Waals surface area contributed by atoms with Crippen LogP contribution in [0.25, 0.3) is 10.8 Å². The van der Waals surface area contributed by atoms with Crippen LogP contribution >= 0.6 is 0 Å². The van der Waals surface area contributed by atoms with Crippen molar-refractivity contribution in [3.63, 3.8) is 0 Å². The summed E-state index contributed by atoms with van der Waals surface area (Å²) in [4.78, 5) is 4.20. The van der Waals surface area contributed by atoms with E-state index in [0.29, 0.717) is 0 Å². The summed E-state index contributed by atoms with van der Waals surface area (Å²) in [6, 6.07) is 8.40. The second kappa shape index (κ2) is 5.67. The molecule has 0 unspecified atom stereocenters. The monoisotopic (exact) mass is 228 g/mol. The average molecular weight is 228 g/mol. The summed E-state index contributed by atoms with van der Waals surface area (Å²) in [6.07, 6.45) is 6.23. The molecule has 17 heavy (non-hydrogen) atoms. The lowest BCUT2D eigenvalue weighted by Crippen LogP contribution is -2.12. The van der Waals surface area contributed by atoms with Gasteiger partial charge in [0.25, 0.3) is 0 Å². The van der Waals surface area contributed by atoms with Crippen LogP contribution in [0.4, 0.5) is 5.69 Å². The second-order valence-electron chi connectivity index (χ2n) is 4.47. The SMILES string of the molecule is CCC(CC)CNc1cccc2ccncc12. The van der Waals surface area contributed by atoms with E-state index in [9.17, 15) is 0 Å². The smallest absolute Gasteiger partial charge is 0.0435 e. The molecule has 2 heteroatoms. The number of nitrogens with zero attached hydrogens (tertiary/aromatic N) is 1. The van der Waals surface area contributed by atoms with Gasteiger partial charge < -0.3 is 5.32 Å². The molecule has 0 aliphatic rings. The largest absolute Gasteiger partial charge is 0.384 e. The Labute approximate surface area is 103 Å². The fraction of sp³-hybridized carbons (Fsp3) is 0.400. The van der Waals surface area contributed by atoms with E-state index in [1.165, 1.54) is 29.3 Å². The van der Waals surface area contributed by atoms with Crippen LogP contribution in [0.1, 0.15) is 26.7 Å². The van der Waals surface area contributed by atoms with Crippen LogP contribution < -0.4 is 5.32 Å². The molecule has 1 heterocycles. The molecule has 0 bridgehead atoms. The highest BCUT2D eigenvalue weighted by atomic mass is 14.9. The van der Waals surface area contributed by atoms with E-state index in [1.54, 1.807) is 0 Å². The van der Waals surface area contributed by atoms with Crippen molar-refractivity contribution in [3.8, 4) is 0 Å². The molecule has 0 atom stereocenters. The number of aromatic nitrogens is 1. The van der Waals surface area contributed by atoms with Crippen molar-refractivity contribution in [1.29, 1.82) is 0 Å². The molecular weight excluding hydrogens is 208 g/mol. The van der Waals surface area contributed by atoms with Crippen LogP contribution in [-0.2, 0) is 0 Å². The Bertz CT molecular complexity index is 470. The summed E-state index contributed by atoms with van der Waals surface area (Å²) < 4.78 is 0. The Morgan fingerprint density at radius 1 is 1.18 bits per heavy atom. The van der Waals surface area contributed by atoms with E-state index in [0.717, 1.165) is 12.5 Å². The first-order valence-electron chi connectivity index (χ1n) is 6.41. The highest BCUT2D eigenvalue weighted by Crippen LogP contribution is 2.22. The molecule has 2 aromatic rings. The van der Waals surface area contributed by atoms with Gasteiger partial charge in [0.15, 0.2) is 0 Å². The van der Waals surface area contributed by atoms with Gasteiger partial charge in [-0.15, -0.1) is 0 Å². The summed E-state index contributed by atoms with van der Waals surface area (Å²) in [7, 11) is 0. The first kappa shape index (κ1) is 11.9. The van der Waals surface area contributed by atoms with Crippen molar-refractivity contribution in [2.75, 3.05) is 11.9 Å². The van der Waals surface area contributed by atoms with E-state index < -0.39 is 0 Å². The van der Waals surface area contributed by atoms with Crippen molar-refractivity contribution in [1.82, 2.24) is 4.98 Å². The first-order valence-corrected chi connectivity index (χ1v) is 6.41. The molecule has 1 N–H and O–H groups in total. The van der Waals surface area contributed by atoms with Gasteiger partial charge in [-0.1, -0.05) is 38.8 Å². The summed E-state index contributed by atoms with van der Waals surface area (Å²) >= 11 is 0. The summed E-state index contributed by atoms with van der Waals surface area (Å²) in [5.74, 6) is 0.752. The van der Waals surface area contributed by atoms with E-state index in [-0.39, 0.29) is 0 Å². The van der Waals surface area contributed by atoms with Gasteiger partial charge in [-0.25, -0.2) is 0 Å². The lowest BCUT2D eigenvalue weighted by Gasteiger charge is -2.15. The Morgan fingerprint density at radius 2 is 2.00 bits per heavy atom. The van der Waals surface area contributed by atoms with Crippen LogP contribution in [0.15, 0.2) is 36.7 Å². The maximum absolute atomic E-state index is 4.20. The van der Waals surface area contributed by atoms with Gasteiger partial charge in [0, 0.05) is 30.0 Å². The molecule has 90 valence electrons. The van der Waals surface area contributed by atoms with Crippen molar-refractivity contribution >= 4 is 16.5 Å². The van der Waals surface area contributed by atoms with Crippen molar-refractivity contribution in [2.45, 2.75) is 26.7 Å². The number of anilines is 1. The molecule has 0 radical (unpaired) electrons. The quantitative estimate of drug-likeness (QED) is 0.834. The fourth-order valence-corrected chi connectivity index (χ4v) is 2.10. The Morgan fingerprint density at radius 3 is 2.76 bits per heavy atom. The third-order valence-corrected chi connectivity index (χ3v) is 3.42. The Kier molecular flexibility index (Phi) is 3.97. The lowest BCUT2D eigenvalue weighted by molar-refractivity contribution is 0.519. The minimum atomic E-state index is 0.752. The maximum Gasteiger partial charge on any atom is 0.0435 e. The van der Waals surface area contributed by atoms with E-state index in [1.807, 2.05) is 12.4 Å². The standard InChI is InChI=1S/C15H20N2/c1-3-12(4-2)10-17-15-7-5-6-13-8-9-16-11-14(13)15/h5-9,11-12,17H,3-4,10H2,1-2H3. The lowest BCUT2D eigenvalue weighted by atomic mass is 10.0. The van der Waals surface area contributed by atoms with Gasteiger partial charge in [-0.05, 0) is 23.4 Å². The van der Waals surface area contributed by atoms with Crippen molar-refractivity contribution in [2.24, 2.45) is 5.92 Å². The van der Waals surface area contributed by atoms with Gasteiger partial charge >= 0.3 is 0 Å². The number of pyridine rings is 1. The summed E-state index contributed by atoms with van der Waals surface area (Å²) in [6.45, 7) is 5.54. The van der Waals surface area contributed by atoms with Gasteiger partial charge in [0.1, 0.15) is 0 Å². The molecule has 0 aliphatic carbocycles. The van der Waals surface area contributed by atoms with E-state index >= 15 is 0 Å². The zero-order chi connectivity index (χ0) is 12.1. The predicted octanol–water partition coefficient (Wildman–Crippen LogP) is 4.08. The third kappa shape index (κ3) is 2.76. The summed E-state index contributed by atoms with van der Waals surface area (Å²) in [5.41, 5.74) is 1.20. The van der Waals surface area contributed by atoms with Gasteiger partial charge in [0.2, 0.25) is 0 Å². The zero-order valence-electron chi connectivity index (χ0n) is 10.6. The number of hydrogen-bond donors (Lipinski definition) is 1. The number of hydrogen-bond acceptors (Lipinski definition) is 2. The number of fused-ring (bicyclic) bond motifs is 1. The zero-order valence-corrected chi connectivity index (χ0v) is 10.6. The molecule has 0 saturated heterocycles. The predicted molar refractivity (Wildman–Crippen MR) is 74.3 cm³/mol. The molecule has 2 rings (SSSR count). The number of rotatable bonds is 5. The molecule has 1 aromatic heterocycles. The van der Waals surface area contributed by atoms with Crippen LogP contribution in [0.2, 0.25) is 0 Å². The van der Waals surface area contributed by atoms with Gasteiger partial charge in [0.05, 0.1) is 0 Å². The number of nitrogens with one attached hydrogen (secondary N) is 1. The van der Waals surface area contributed by atoms with Gasteiger partial charge in [-0.2, -0.15) is 0 Å². The maximum atomic E-state index is 4.20. The molecule has 0 spiro atoms. The number of benzene rings is 1. The molecule has 2 nitrogen and oxygen atoms in total. The minimum absolute atomic E-state index is 0.752. The normalized spacial score (nSPS) is 11.0. The highest BCUT2D eigenvalue weighted by molar-refractivity contribution is 5.93. The molecule has 0 amide bonds. The molecule has 0 aliphatic heterocycles. The molecule has 0 fully saturated rings. The average Bonchev–Trinajstić information content (AvgIpc) is 2.40. The minimum Gasteiger partial charge on any atom is -0.384 e. The third-order valence-electron chi connectivity index (χ3n) is 3.42. The molecular formula is C15H20N2. The highest BCUT2D eigenvalue weighted by Gasteiger charge is 2.04. The van der Waals surface area contributed by atoms with Crippen LogP contribution in [0.3, 0.4) is 0 Å². The topological polar surface area (TPSA) is 24.9 Å². The molecule has 0 saturated carbocycles. The Balaban J connectivity index is 2.18.